The summed E-state index contributed by atoms with van der Waals surface area (Å²) in [6.45, 7) is 0. The molecule has 1 aromatic heterocycles. The molecule has 1 aromatic rings. The third-order valence-electron chi connectivity index (χ3n) is 1.02. The fraction of sp³-hybridized carbons (Fsp3) is 0. The molecule has 0 saturated heterocycles. The van der Waals surface area contributed by atoms with Gasteiger partial charge in [0.1, 0.15) is 6.60 Å². The molecular formula is C5H2I3NOS. The summed E-state index contributed by atoms with van der Waals surface area (Å²) < 4.78 is 2.22. The van der Waals surface area contributed by atoms with Crippen molar-refractivity contribution in [3.05, 3.63) is 11.3 Å². The lowest BCUT2D eigenvalue weighted by Gasteiger charge is -1.93. The Morgan fingerprint density at radius 3 is 2.09 bits per heavy atom. The lowest BCUT2D eigenvalue weighted by atomic mass is 10.3. The van der Waals surface area contributed by atoms with E-state index in [1.165, 1.54) is 11.3 Å². The Bertz CT molecular complexity index is 309. The van der Waals surface area contributed by atoms with Gasteiger partial charge in [0, 0.05) is 0 Å². The molecule has 0 spiro atoms. The van der Waals surface area contributed by atoms with E-state index in [9.17, 15) is 5.11 Å². The normalized spacial score (nSPS) is 10.1. The van der Waals surface area contributed by atoms with E-state index in [1.807, 2.05) is 22.6 Å². The summed E-state index contributed by atoms with van der Waals surface area (Å²) in [5.74, 6) is 0.249. The molecule has 0 saturated carbocycles. The van der Waals surface area contributed by atoms with Crippen molar-refractivity contribution in [3.63, 3.8) is 0 Å². The van der Waals surface area contributed by atoms with Crippen LogP contribution < -0.4 is 0 Å². The fourth-order valence-corrected chi connectivity index (χ4v) is 5.82. The average molecular weight is 505 g/mol. The van der Waals surface area contributed by atoms with E-state index in [0.717, 1.165) is 5.77 Å². The summed E-state index contributed by atoms with van der Waals surface area (Å²) in [6.07, 6.45) is 0. The van der Waals surface area contributed by atoms with Crippen molar-refractivity contribution in [1.82, 2.24) is 0 Å². The minimum Gasteiger partial charge on any atom is -0.505 e. The molecule has 0 amide bonds. The van der Waals surface area contributed by atoms with E-state index in [0.29, 0.717) is 9.28 Å². The number of hydrogen-bond acceptors (Lipinski definition) is 3. The van der Waals surface area contributed by atoms with E-state index in [2.05, 4.69) is 45.2 Å². The van der Waals surface area contributed by atoms with Crippen LogP contribution in [0.2, 0.25) is 0 Å². The predicted octanol–water partition coefficient (Wildman–Crippen LogP) is 3.42. The van der Waals surface area contributed by atoms with Crippen molar-refractivity contribution >= 4 is 82.8 Å². The Hall–Kier alpha value is 1.36. The second-order valence-electron chi connectivity index (χ2n) is 1.69. The van der Waals surface area contributed by atoms with Gasteiger partial charge in [-0.2, -0.15) is 0 Å². The van der Waals surface area contributed by atoms with Crippen LogP contribution in [0.25, 0.3) is 0 Å². The first kappa shape index (κ1) is 10.4. The molecule has 0 atom stereocenters. The highest BCUT2D eigenvalue weighted by Crippen LogP contribution is 2.37. The van der Waals surface area contributed by atoms with Crippen LogP contribution in [0.1, 0.15) is 5.56 Å². The highest BCUT2D eigenvalue weighted by molar-refractivity contribution is 14.1. The summed E-state index contributed by atoms with van der Waals surface area (Å²) in [5, 5.41) is 16.8. The topological polar surface area (TPSA) is 44.1 Å². The molecule has 0 aromatic carbocycles. The summed E-state index contributed by atoms with van der Waals surface area (Å²) in [5.41, 5.74) is 0.667. The Kier molecular flexibility index (Phi) is 3.84. The number of thiophene rings is 1. The van der Waals surface area contributed by atoms with Crippen LogP contribution in [0.5, 0.6) is 5.75 Å². The van der Waals surface area contributed by atoms with E-state index in [1.54, 1.807) is 0 Å². The molecule has 0 aliphatic carbocycles. The van der Waals surface area contributed by atoms with Gasteiger partial charge < -0.3 is 5.11 Å². The zero-order valence-electron chi connectivity index (χ0n) is 4.99. The van der Waals surface area contributed by atoms with Crippen LogP contribution in [-0.4, -0.2) is 8.82 Å². The third-order valence-corrected chi connectivity index (χ3v) is 4.68. The van der Waals surface area contributed by atoms with Gasteiger partial charge in [-0.1, -0.05) is 0 Å². The monoisotopic (exact) mass is 505 g/mol. The maximum absolute atomic E-state index is 9.44. The van der Waals surface area contributed by atoms with Gasteiger partial charge in [-0.15, -0.1) is 11.3 Å². The van der Waals surface area contributed by atoms with E-state index in [-0.39, 0.29) is 5.75 Å². The summed E-state index contributed by atoms with van der Waals surface area (Å²) in [4.78, 5) is 0. The molecule has 0 fully saturated rings. The van der Waals surface area contributed by atoms with Gasteiger partial charge in [-0.05, 0) is 67.8 Å². The summed E-state index contributed by atoms with van der Waals surface area (Å²) >= 11 is 7.59. The maximum atomic E-state index is 9.44. The third kappa shape index (κ3) is 2.18. The van der Waals surface area contributed by atoms with Gasteiger partial charge in [0.25, 0.3) is 0 Å². The fourth-order valence-electron chi connectivity index (χ4n) is 0.560. The predicted molar refractivity (Wildman–Crippen MR) is 72.3 cm³/mol. The van der Waals surface area contributed by atoms with Crippen LogP contribution in [0.3, 0.4) is 0 Å². The van der Waals surface area contributed by atoms with E-state index >= 15 is 0 Å². The highest BCUT2D eigenvalue weighted by atomic mass is 127. The Balaban J connectivity index is 3.34. The molecule has 60 valence electrons. The molecule has 0 aliphatic rings. The number of rotatable bonds is 1. The molecule has 0 radical (unpaired) electrons. The first-order chi connectivity index (χ1) is 5.04. The maximum Gasteiger partial charge on any atom is 0.150 e. The van der Waals surface area contributed by atoms with Crippen LogP contribution in [-0.2, 0) is 0 Å². The second kappa shape index (κ2) is 4.05. The van der Waals surface area contributed by atoms with Gasteiger partial charge >= 0.3 is 0 Å². The SMILES string of the molecule is N=C(I)c1c(I)sc(I)c1O. The standard InChI is InChI=1S/C5H2I3NOS/c6-3(9)1-2(10)5(8)11-4(1)7/h9-10H. The van der Waals surface area contributed by atoms with Crippen molar-refractivity contribution in [2.75, 3.05) is 0 Å². The summed E-state index contributed by atoms with van der Waals surface area (Å²) in [7, 11) is 0. The van der Waals surface area contributed by atoms with Crippen LogP contribution >= 0.6 is 79.1 Å². The lowest BCUT2D eigenvalue weighted by Crippen LogP contribution is -1.86. The minimum absolute atomic E-state index is 0.249. The number of hydrogen-bond donors (Lipinski definition) is 2. The number of halogens is 3. The van der Waals surface area contributed by atoms with Crippen LogP contribution in [0, 0.1) is 11.2 Å². The largest absolute Gasteiger partial charge is 0.505 e. The smallest absolute Gasteiger partial charge is 0.150 e. The Labute approximate surface area is 109 Å². The van der Waals surface area contributed by atoms with Gasteiger partial charge in [0.2, 0.25) is 0 Å². The van der Waals surface area contributed by atoms with Crippen molar-refractivity contribution in [2.24, 2.45) is 0 Å². The highest BCUT2D eigenvalue weighted by Gasteiger charge is 2.16. The average Bonchev–Trinajstić information content (AvgIpc) is 2.07. The number of aromatic hydroxyl groups is 1. The Morgan fingerprint density at radius 2 is 1.91 bits per heavy atom. The van der Waals surface area contributed by atoms with Crippen molar-refractivity contribution < 1.29 is 5.11 Å². The second-order valence-corrected chi connectivity index (χ2v) is 7.41. The molecule has 11 heavy (non-hydrogen) atoms. The first-order valence-electron chi connectivity index (χ1n) is 2.45. The summed E-state index contributed by atoms with van der Waals surface area (Å²) in [6, 6.07) is 0. The van der Waals surface area contributed by atoms with Crippen molar-refractivity contribution in [1.29, 1.82) is 5.41 Å². The quantitative estimate of drug-likeness (QED) is 0.447. The molecule has 2 N–H and O–H groups in total. The molecule has 1 heterocycles. The Morgan fingerprint density at radius 1 is 1.36 bits per heavy atom. The molecule has 0 bridgehead atoms. The van der Waals surface area contributed by atoms with Gasteiger partial charge in [-0.3, -0.25) is 5.41 Å². The first-order valence-corrected chi connectivity index (χ1v) is 6.50. The number of nitrogens with one attached hydrogen (secondary N) is 1. The van der Waals surface area contributed by atoms with Crippen molar-refractivity contribution in [3.8, 4) is 5.75 Å². The van der Waals surface area contributed by atoms with Gasteiger partial charge in [-0.25, -0.2) is 0 Å². The minimum atomic E-state index is 0.249. The molecule has 2 nitrogen and oxygen atoms in total. The van der Waals surface area contributed by atoms with Crippen LogP contribution in [0.4, 0.5) is 0 Å². The van der Waals surface area contributed by atoms with E-state index in [4.69, 9.17) is 5.41 Å². The van der Waals surface area contributed by atoms with Crippen molar-refractivity contribution in [2.45, 2.75) is 0 Å². The van der Waals surface area contributed by atoms with E-state index < -0.39 is 0 Å². The zero-order valence-corrected chi connectivity index (χ0v) is 12.3. The van der Waals surface area contributed by atoms with Gasteiger partial charge in [0.05, 0.1) is 8.45 Å². The molecule has 6 heteroatoms. The molecule has 0 aliphatic heterocycles. The zero-order chi connectivity index (χ0) is 8.59. The molecular weight excluding hydrogens is 503 g/mol. The molecule has 0 unspecified atom stereocenters. The van der Waals surface area contributed by atoms with Gasteiger partial charge in [0.15, 0.2) is 5.75 Å². The molecule has 1 rings (SSSR count). The van der Waals surface area contributed by atoms with Crippen LogP contribution in [0.15, 0.2) is 0 Å². The lowest BCUT2D eigenvalue weighted by molar-refractivity contribution is 0.473.